The van der Waals surface area contributed by atoms with Gasteiger partial charge in [0.2, 0.25) is 5.91 Å². The molecule has 2 heterocycles. The topological polar surface area (TPSA) is 70.6 Å². The SMILES string of the molecule is COCCc1cc(N2CCN(CCC3CC(NC(C)=O)C3)CC2)nc(C(C)(C)C)n1. The van der Waals surface area contributed by atoms with Gasteiger partial charge < -0.3 is 15.0 Å². The number of anilines is 1. The second-order valence-corrected chi connectivity index (χ2v) is 9.89. The predicted molar refractivity (Wildman–Crippen MR) is 120 cm³/mol. The number of nitrogens with one attached hydrogen (secondary N) is 1. The van der Waals surface area contributed by atoms with Crippen molar-refractivity contribution in [3.05, 3.63) is 17.6 Å². The fraction of sp³-hybridized carbons (Fsp3) is 0.783. The van der Waals surface area contributed by atoms with Gasteiger partial charge in [-0.05, 0) is 31.7 Å². The van der Waals surface area contributed by atoms with Gasteiger partial charge in [0.25, 0.3) is 0 Å². The molecule has 1 aliphatic carbocycles. The van der Waals surface area contributed by atoms with Gasteiger partial charge in [-0.25, -0.2) is 9.97 Å². The summed E-state index contributed by atoms with van der Waals surface area (Å²) in [5, 5.41) is 3.02. The summed E-state index contributed by atoms with van der Waals surface area (Å²) in [7, 11) is 1.73. The molecule has 1 amide bonds. The average Bonchev–Trinajstić information content (AvgIpc) is 2.67. The normalized spacial score (nSPS) is 22.6. The summed E-state index contributed by atoms with van der Waals surface area (Å²) in [6, 6.07) is 2.55. The number of carbonyl (C=O) groups excluding carboxylic acids is 1. The first-order valence-corrected chi connectivity index (χ1v) is 11.4. The number of hydrogen-bond donors (Lipinski definition) is 1. The van der Waals surface area contributed by atoms with E-state index in [1.165, 1.54) is 6.42 Å². The maximum absolute atomic E-state index is 11.1. The molecule has 0 unspecified atom stereocenters. The van der Waals surface area contributed by atoms with Gasteiger partial charge in [-0.15, -0.1) is 0 Å². The Morgan fingerprint density at radius 1 is 1.20 bits per heavy atom. The van der Waals surface area contributed by atoms with E-state index in [9.17, 15) is 4.79 Å². The zero-order valence-corrected chi connectivity index (χ0v) is 19.4. The molecule has 1 saturated heterocycles. The van der Waals surface area contributed by atoms with Gasteiger partial charge in [0.05, 0.1) is 6.61 Å². The highest BCUT2D eigenvalue weighted by Crippen LogP contribution is 2.30. The lowest BCUT2D eigenvalue weighted by Gasteiger charge is -2.39. The van der Waals surface area contributed by atoms with E-state index < -0.39 is 0 Å². The molecule has 2 fully saturated rings. The Morgan fingerprint density at radius 2 is 1.90 bits per heavy atom. The maximum atomic E-state index is 11.1. The highest BCUT2D eigenvalue weighted by atomic mass is 16.5. The fourth-order valence-corrected chi connectivity index (χ4v) is 4.26. The minimum atomic E-state index is -0.0719. The van der Waals surface area contributed by atoms with Gasteiger partial charge in [-0.2, -0.15) is 0 Å². The van der Waals surface area contributed by atoms with Gasteiger partial charge in [-0.1, -0.05) is 20.8 Å². The van der Waals surface area contributed by atoms with Crippen LogP contribution in [0.15, 0.2) is 6.07 Å². The van der Waals surface area contributed by atoms with Crippen LogP contribution in [0.5, 0.6) is 0 Å². The monoisotopic (exact) mass is 417 g/mol. The number of nitrogens with zero attached hydrogens (tertiary/aromatic N) is 4. The molecule has 1 aromatic heterocycles. The molecule has 168 valence electrons. The van der Waals surface area contributed by atoms with E-state index in [2.05, 4.69) is 42.0 Å². The summed E-state index contributed by atoms with van der Waals surface area (Å²) in [4.78, 5) is 25.8. The summed E-state index contributed by atoms with van der Waals surface area (Å²) in [5.74, 6) is 2.82. The number of ether oxygens (including phenoxy) is 1. The van der Waals surface area contributed by atoms with Crippen LogP contribution in [0, 0.1) is 5.92 Å². The molecule has 1 aromatic rings. The van der Waals surface area contributed by atoms with Crippen LogP contribution in [0.4, 0.5) is 5.82 Å². The minimum Gasteiger partial charge on any atom is -0.384 e. The first kappa shape index (κ1) is 22.9. The average molecular weight is 418 g/mol. The molecule has 0 spiro atoms. The Labute approximate surface area is 181 Å². The largest absolute Gasteiger partial charge is 0.384 e. The van der Waals surface area contributed by atoms with Crippen LogP contribution in [0.2, 0.25) is 0 Å². The van der Waals surface area contributed by atoms with E-state index >= 15 is 0 Å². The Kier molecular flexibility index (Phi) is 7.69. The Bertz CT molecular complexity index is 704. The summed E-state index contributed by atoms with van der Waals surface area (Å²) < 4.78 is 5.25. The van der Waals surface area contributed by atoms with Crippen molar-refractivity contribution < 1.29 is 9.53 Å². The van der Waals surface area contributed by atoms with Crippen LogP contribution in [-0.2, 0) is 21.4 Å². The van der Waals surface area contributed by atoms with Crippen molar-refractivity contribution in [3.8, 4) is 0 Å². The standard InChI is InChI=1S/C23H39N5O2/c1-17(29)24-20-14-18(15-20)6-8-27-9-11-28(12-10-27)21-16-19(7-13-30-5)25-22(26-21)23(2,3)4/h16,18,20H,6-15H2,1-5H3,(H,24,29). The van der Waals surface area contributed by atoms with Crippen LogP contribution < -0.4 is 10.2 Å². The molecule has 7 heteroatoms. The zero-order valence-electron chi connectivity index (χ0n) is 19.4. The van der Waals surface area contributed by atoms with Gasteiger partial charge >= 0.3 is 0 Å². The first-order chi connectivity index (χ1) is 14.2. The quantitative estimate of drug-likeness (QED) is 0.700. The molecule has 3 rings (SSSR count). The van der Waals surface area contributed by atoms with Crippen LogP contribution in [0.25, 0.3) is 0 Å². The summed E-state index contributed by atoms with van der Waals surface area (Å²) in [6.07, 6.45) is 4.33. The van der Waals surface area contributed by atoms with Crippen molar-refractivity contribution in [2.24, 2.45) is 5.92 Å². The molecule has 2 aliphatic rings. The minimum absolute atomic E-state index is 0.0719. The van der Waals surface area contributed by atoms with E-state index in [4.69, 9.17) is 14.7 Å². The molecule has 30 heavy (non-hydrogen) atoms. The lowest BCUT2D eigenvalue weighted by molar-refractivity contribution is -0.120. The maximum Gasteiger partial charge on any atom is 0.217 e. The van der Waals surface area contributed by atoms with Crippen LogP contribution in [0.1, 0.15) is 58.5 Å². The van der Waals surface area contributed by atoms with E-state index in [0.29, 0.717) is 12.6 Å². The van der Waals surface area contributed by atoms with Crippen LogP contribution >= 0.6 is 0 Å². The number of aromatic nitrogens is 2. The zero-order chi connectivity index (χ0) is 21.7. The van der Waals surface area contributed by atoms with Crippen LogP contribution in [0.3, 0.4) is 0 Å². The van der Waals surface area contributed by atoms with Crippen molar-refractivity contribution in [2.75, 3.05) is 51.3 Å². The molecule has 0 radical (unpaired) electrons. The van der Waals surface area contributed by atoms with E-state index in [-0.39, 0.29) is 11.3 Å². The van der Waals surface area contributed by atoms with E-state index in [1.54, 1.807) is 14.0 Å². The van der Waals surface area contributed by atoms with E-state index in [0.717, 1.165) is 75.2 Å². The molecule has 1 aliphatic heterocycles. The fourth-order valence-electron chi connectivity index (χ4n) is 4.26. The highest BCUT2D eigenvalue weighted by Gasteiger charge is 2.30. The number of hydrogen-bond acceptors (Lipinski definition) is 6. The second kappa shape index (κ2) is 10.1. The Hall–Kier alpha value is -1.73. The number of rotatable bonds is 8. The highest BCUT2D eigenvalue weighted by molar-refractivity contribution is 5.73. The third kappa shape index (κ3) is 6.38. The third-order valence-corrected chi connectivity index (χ3v) is 6.19. The Morgan fingerprint density at radius 3 is 2.50 bits per heavy atom. The third-order valence-electron chi connectivity index (χ3n) is 6.19. The second-order valence-electron chi connectivity index (χ2n) is 9.89. The molecule has 1 N–H and O–H groups in total. The number of amides is 1. The first-order valence-electron chi connectivity index (χ1n) is 11.4. The van der Waals surface area contributed by atoms with Crippen molar-refractivity contribution in [1.82, 2.24) is 20.2 Å². The van der Waals surface area contributed by atoms with Crippen molar-refractivity contribution in [1.29, 1.82) is 0 Å². The molecule has 0 aromatic carbocycles. The van der Waals surface area contributed by atoms with Gasteiger partial charge in [0, 0.05) is 69.9 Å². The predicted octanol–water partition coefficient (Wildman–Crippen LogP) is 2.39. The summed E-state index contributed by atoms with van der Waals surface area (Å²) in [5.41, 5.74) is 0.991. The number of methoxy groups -OCH3 is 1. The van der Waals surface area contributed by atoms with Gasteiger partial charge in [0.15, 0.2) is 0 Å². The molecule has 0 bridgehead atoms. The van der Waals surface area contributed by atoms with Crippen LogP contribution in [-0.4, -0.2) is 73.3 Å². The van der Waals surface area contributed by atoms with Gasteiger partial charge in [-0.3, -0.25) is 9.69 Å². The van der Waals surface area contributed by atoms with Crippen molar-refractivity contribution in [3.63, 3.8) is 0 Å². The lowest BCUT2D eigenvalue weighted by atomic mass is 9.78. The smallest absolute Gasteiger partial charge is 0.217 e. The van der Waals surface area contributed by atoms with E-state index in [1.807, 2.05) is 0 Å². The summed E-state index contributed by atoms with van der Waals surface area (Å²) >= 11 is 0. The molecular weight excluding hydrogens is 378 g/mol. The summed E-state index contributed by atoms with van der Waals surface area (Å²) in [6.45, 7) is 14.1. The number of carbonyl (C=O) groups is 1. The van der Waals surface area contributed by atoms with Crippen molar-refractivity contribution >= 4 is 11.7 Å². The molecule has 7 nitrogen and oxygen atoms in total. The molecular formula is C23H39N5O2. The molecule has 0 atom stereocenters. The number of piperazine rings is 1. The van der Waals surface area contributed by atoms with Gasteiger partial charge in [0.1, 0.15) is 11.6 Å². The Balaban J connectivity index is 1.50. The lowest BCUT2D eigenvalue weighted by Crippen LogP contribution is -2.48. The van der Waals surface area contributed by atoms with Crippen molar-refractivity contribution in [2.45, 2.75) is 64.8 Å². The molecule has 1 saturated carbocycles.